The Morgan fingerprint density at radius 3 is 2.38 bits per heavy atom. The first kappa shape index (κ1) is 21.3. The minimum absolute atomic E-state index is 0.177. The summed E-state index contributed by atoms with van der Waals surface area (Å²) in [7, 11) is -3.50. The van der Waals surface area contributed by atoms with Crippen molar-refractivity contribution in [1.29, 1.82) is 0 Å². The third-order valence-corrected chi connectivity index (χ3v) is 7.40. The Kier molecular flexibility index (Phi) is 6.89. The lowest BCUT2D eigenvalue weighted by Gasteiger charge is -2.18. The second-order valence-electron chi connectivity index (χ2n) is 6.29. The molecular weight excluding hydrogens is 406 g/mol. The fraction of sp³-hybridized carbons (Fsp3) is 0.238. The third-order valence-electron chi connectivity index (χ3n) is 4.41. The van der Waals surface area contributed by atoms with Gasteiger partial charge in [0.1, 0.15) is 0 Å². The van der Waals surface area contributed by atoms with Crippen molar-refractivity contribution in [3.63, 3.8) is 0 Å². The average molecular weight is 430 g/mol. The van der Waals surface area contributed by atoms with Crippen LogP contribution in [0.1, 0.15) is 13.8 Å². The van der Waals surface area contributed by atoms with Crippen LogP contribution in [0, 0.1) is 0 Å². The molecule has 0 fully saturated rings. The van der Waals surface area contributed by atoms with E-state index in [0.29, 0.717) is 18.8 Å². The van der Waals surface area contributed by atoms with Crippen molar-refractivity contribution in [2.24, 2.45) is 0 Å². The summed E-state index contributed by atoms with van der Waals surface area (Å²) in [4.78, 5) is 17.0. The molecule has 1 heterocycles. The summed E-state index contributed by atoms with van der Waals surface area (Å²) in [5, 5.41) is 4.62. The molecule has 2 aromatic carbocycles. The highest BCUT2D eigenvalue weighted by Gasteiger charge is 2.21. The van der Waals surface area contributed by atoms with Crippen LogP contribution in [0.5, 0.6) is 0 Å². The van der Waals surface area contributed by atoms with Crippen molar-refractivity contribution in [3.8, 4) is 0 Å². The maximum absolute atomic E-state index is 12.5. The van der Waals surface area contributed by atoms with E-state index >= 15 is 0 Å². The monoisotopic (exact) mass is 429 g/mol. The van der Waals surface area contributed by atoms with Crippen molar-refractivity contribution in [1.82, 2.24) is 9.29 Å². The number of anilines is 1. The van der Waals surface area contributed by atoms with E-state index in [-0.39, 0.29) is 16.6 Å². The maximum atomic E-state index is 12.5. The Balaban J connectivity index is 1.60. The molecule has 0 atom stereocenters. The largest absolute Gasteiger partial charge is 0.325 e. The molecule has 3 aromatic rings. The molecule has 6 nitrogen and oxygen atoms in total. The number of para-hydroxylation sites is 1. The van der Waals surface area contributed by atoms with Gasteiger partial charge < -0.3 is 5.32 Å². The zero-order valence-electron chi connectivity index (χ0n) is 16.3. The SMILES string of the molecule is CCN(CC)S(=O)(=O)c1ccc(NC(=O)CSc2ccc3ccccc3n2)cc1. The summed E-state index contributed by atoms with van der Waals surface area (Å²) in [5.74, 6) is 0.0366. The molecule has 0 spiro atoms. The predicted octanol–water partition coefficient (Wildman–Crippen LogP) is 4.00. The van der Waals surface area contributed by atoms with E-state index < -0.39 is 10.0 Å². The van der Waals surface area contributed by atoms with Gasteiger partial charge in [-0.05, 0) is 36.4 Å². The highest BCUT2D eigenvalue weighted by Crippen LogP contribution is 2.21. The van der Waals surface area contributed by atoms with Gasteiger partial charge in [-0.3, -0.25) is 4.79 Å². The zero-order chi connectivity index (χ0) is 20.9. The first-order chi connectivity index (χ1) is 13.9. The van der Waals surface area contributed by atoms with Crippen LogP contribution in [0.3, 0.4) is 0 Å². The summed E-state index contributed by atoms with van der Waals surface area (Å²) in [6, 6.07) is 17.9. The maximum Gasteiger partial charge on any atom is 0.243 e. The topological polar surface area (TPSA) is 79.4 Å². The predicted molar refractivity (Wildman–Crippen MR) is 118 cm³/mol. The minimum atomic E-state index is -3.50. The number of thioether (sulfide) groups is 1. The van der Waals surface area contributed by atoms with E-state index in [4.69, 9.17) is 0 Å². The van der Waals surface area contributed by atoms with Gasteiger partial charge in [0.05, 0.1) is 21.2 Å². The van der Waals surface area contributed by atoms with Crippen LogP contribution in [0.2, 0.25) is 0 Å². The number of pyridine rings is 1. The van der Waals surface area contributed by atoms with Gasteiger partial charge >= 0.3 is 0 Å². The fourth-order valence-corrected chi connectivity index (χ4v) is 5.02. The number of rotatable bonds is 8. The highest BCUT2D eigenvalue weighted by molar-refractivity contribution is 7.99. The molecule has 0 radical (unpaired) electrons. The number of fused-ring (bicyclic) bond motifs is 1. The smallest absolute Gasteiger partial charge is 0.243 e. The number of amides is 1. The number of hydrogen-bond acceptors (Lipinski definition) is 5. The zero-order valence-corrected chi connectivity index (χ0v) is 18.0. The van der Waals surface area contributed by atoms with Gasteiger partial charge in [0.2, 0.25) is 15.9 Å². The summed E-state index contributed by atoms with van der Waals surface area (Å²) >= 11 is 1.35. The summed E-state index contributed by atoms with van der Waals surface area (Å²) < 4.78 is 26.4. The van der Waals surface area contributed by atoms with Gasteiger partial charge in [0, 0.05) is 24.2 Å². The van der Waals surface area contributed by atoms with Crippen LogP contribution in [0.25, 0.3) is 10.9 Å². The number of nitrogens with zero attached hydrogens (tertiary/aromatic N) is 2. The van der Waals surface area contributed by atoms with E-state index in [1.165, 1.54) is 28.2 Å². The average Bonchev–Trinajstić information content (AvgIpc) is 2.73. The van der Waals surface area contributed by atoms with Crippen LogP contribution in [-0.4, -0.2) is 42.5 Å². The first-order valence-electron chi connectivity index (χ1n) is 9.32. The lowest BCUT2D eigenvalue weighted by Crippen LogP contribution is -2.30. The van der Waals surface area contributed by atoms with E-state index in [1.807, 2.05) is 36.4 Å². The Hall–Kier alpha value is -2.42. The lowest BCUT2D eigenvalue weighted by atomic mass is 10.2. The Labute approximate surface area is 175 Å². The summed E-state index contributed by atoms with van der Waals surface area (Å²) in [5.41, 5.74) is 1.45. The minimum Gasteiger partial charge on any atom is -0.325 e. The normalized spacial score (nSPS) is 11.7. The molecule has 1 aromatic heterocycles. The molecule has 29 heavy (non-hydrogen) atoms. The third kappa shape index (κ3) is 5.14. The van der Waals surface area contributed by atoms with Gasteiger partial charge in [0.25, 0.3) is 0 Å². The Bertz CT molecular complexity index is 1100. The molecule has 3 rings (SSSR count). The molecule has 1 N–H and O–H groups in total. The molecular formula is C21H23N3O3S2. The Morgan fingerprint density at radius 1 is 1.00 bits per heavy atom. The van der Waals surface area contributed by atoms with Gasteiger partial charge in [0.15, 0.2) is 0 Å². The van der Waals surface area contributed by atoms with Crippen LogP contribution in [0.4, 0.5) is 5.69 Å². The van der Waals surface area contributed by atoms with Gasteiger partial charge in [-0.2, -0.15) is 4.31 Å². The quantitative estimate of drug-likeness (QED) is 0.548. The number of aromatic nitrogens is 1. The van der Waals surface area contributed by atoms with Gasteiger partial charge in [-0.15, -0.1) is 0 Å². The fourth-order valence-electron chi connectivity index (χ4n) is 2.89. The molecule has 0 bridgehead atoms. The summed E-state index contributed by atoms with van der Waals surface area (Å²) in [6.45, 7) is 4.43. The van der Waals surface area contributed by atoms with Crippen LogP contribution in [-0.2, 0) is 14.8 Å². The second kappa shape index (κ2) is 9.39. The van der Waals surface area contributed by atoms with Crippen LogP contribution in [0.15, 0.2) is 70.6 Å². The first-order valence-corrected chi connectivity index (χ1v) is 11.7. The molecule has 152 valence electrons. The number of carbonyl (C=O) groups excluding carboxylic acids is 1. The Morgan fingerprint density at radius 2 is 1.69 bits per heavy atom. The van der Waals surface area contributed by atoms with Crippen molar-refractivity contribution in [3.05, 3.63) is 60.7 Å². The highest BCUT2D eigenvalue weighted by atomic mass is 32.2. The standard InChI is InChI=1S/C21H23N3O3S2/c1-3-24(4-2)29(26,27)18-12-10-17(11-13-18)22-20(25)15-28-21-14-9-16-7-5-6-8-19(16)23-21/h5-14H,3-4,15H2,1-2H3,(H,22,25). The van der Waals surface area contributed by atoms with Crippen molar-refractivity contribution >= 4 is 44.3 Å². The number of nitrogens with one attached hydrogen (secondary N) is 1. The molecule has 0 aliphatic rings. The molecule has 0 aliphatic carbocycles. The van der Waals surface area contributed by atoms with Crippen molar-refractivity contribution < 1.29 is 13.2 Å². The molecule has 8 heteroatoms. The van der Waals surface area contributed by atoms with E-state index in [1.54, 1.807) is 26.0 Å². The van der Waals surface area contributed by atoms with Crippen molar-refractivity contribution in [2.45, 2.75) is 23.8 Å². The number of hydrogen-bond donors (Lipinski definition) is 1. The number of sulfonamides is 1. The number of carbonyl (C=O) groups is 1. The van der Waals surface area contributed by atoms with E-state index in [2.05, 4.69) is 10.3 Å². The number of benzene rings is 2. The van der Waals surface area contributed by atoms with Gasteiger partial charge in [-0.25, -0.2) is 13.4 Å². The van der Waals surface area contributed by atoms with Crippen LogP contribution >= 0.6 is 11.8 Å². The van der Waals surface area contributed by atoms with E-state index in [9.17, 15) is 13.2 Å². The lowest BCUT2D eigenvalue weighted by molar-refractivity contribution is -0.113. The molecule has 0 saturated carbocycles. The van der Waals surface area contributed by atoms with Crippen molar-refractivity contribution in [2.75, 3.05) is 24.2 Å². The molecule has 1 amide bonds. The summed E-state index contributed by atoms with van der Waals surface area (Å²) in [6.07, 6.45) is 0. The second-order valence-corrected chi connectivity index (χ2v) is 9.23. The van der Waals surface area contributed by atoms with E-state index in [0.717, 1.165) is 15.9 Å². The molecule has 0 unspecified atom stereocenters. The molecule has 0 aliphatic heterocycles. The molecule has 0 saturated heterocycles. The van der Waals surface area contributed by atoms with Crippen LogP contribution < -0.4 is 5.32 Å². The van der Waals surface area contributed by atoms with Gasteiger partial charge in [-0.1, -0.05) is 49.9 Å².